The number of rotatable bonds is 7. The van der Waals surface area contributed by atoms with Crippen molar-refractivity contribution in [3.8, 4) is 16.9 Å². The van der Waals surface area contributed by atoms with Gasteiger partial charge in [0.25, 0.3) is 5.91 Å². The number of piperidine rings is 1. The number of ether oxygens (including phenoxy) is 1. The molecule has 5 nitrogen and oxygen atoms in total. The van der Waals surface area contributed by atoms with Gasteiger partial charge in [-0.3, -0.25) is 4.79 Å². The lowest BCUT2D eigenvalue weighted by Crippen LogP contribution is -2.50. The lowest BCUT2D eigenvalue weighted by atomic mass is 9.87. The second-order valence-electron chi connectivity index (χ2n) is 7.97. The van der Waals surface area contributed by atoms with Gasteiger partial charge in [-0.2, -0.15) is 0 Å². The summed E-state index contributed by atoms with van der Waals surface area (Å²) in [6.07, 6.45) is 2.69. The second-order valence-corrected chi connectivity index (χ2v) is 7.97. The zero-order chi connectivity index (χ0) is 20.8. The zero-order valence-corrected chi connectivity index (χ0v) is 17.7. The minimum absolute atomic E-state index is 0.0859. The molecule has 0 radical (unpaired) electrons. The number of para-hydroxylation sites is 1. The van der Waals surface area contributed by atoms with Crippen LogP contribution in [0.5, 0.6) is 5.75 Å². The Balaban J connectivity index is 1.73. The van der Waals surface area contributed by atoms with E-state index in [0.717, 1.165) is 49.2 Å². The maximum atomic E-state index is 13.1. The molecule has 0 bridgehead atoms. The molecule has 1 heterocycles. The van der Waals surface area contributed by atoms with Crippen molar-refractivity contribution in [3.05, 3.63) is 54.1 Å². The van der Waals surface area contributed by atoms with Crippen LogP contribution in [0.25, 0.3) is 11.1 Å². The molecule has 1 aliphatic rings. The van der Waals surface area contributed by atoms with E-state index in [9.17, 15) is 9.90 Å². The maximum absolute atomic E-state index is 13.1. The van der Waals surface area contributed by atoms with Crippen LogP contribution in [0.2, 0.25) is 0 Å². The van der Waals surface area contributed by atoms with Crippen molar-refractivity contribution in [2.75, 3.05) is 40.9 Å². The van der Waals surface area contributed by atoms with Crippen molar-refractivity contribution >= 4 is 5.91 Å². The lowest BCUT2D eigenvalue weighted by molar-refractivity contribution is 0.0495. The quantitative estimate of drug-likeness (QED) is 0.778. The molecule has 156 valence electrons. The summed E-state index contributed by atoms with van der Waals surface area (Å²) in [4.78, 5) is 17.3. The third-order valence-electron chi connectivity index (χ3n) is 5.93. The summed E-state index contributed by atoms with van der Waals surface area (Å²) in [5, 5.41) is 9.23. The molecule has 2 atom stereocenters. The molecule has 0 spiro atoms. The predicted molar refractivity (Wildman–Crippen MR) is 116 cm³/mol. The van der Waals surface area contributed by atoms with E-state index in [1.54, 1.807) is 7.11 Å². The Labute approximate surface area is 173 Å². The molecular formula is C24H32N2O3. The molecule has 1 N–H and O–H groups in total. The number of aliphatic hydroxyl groups is 1. The number of hydrogen-bond donors (Lipinski definition) is 1. The molecule has 0 unspecified atom stereocenters. The summed E-state index contributed by atoms with van der Waals surface area (Å²) in [6.45, 7) is 1.72. The van der Waals surface area contributed by atoms with Crippen molar-refractivity contribution in [2.45, 2.75) is 25.3 Å². The number of nitrogens with zero attached hydrogens (tertiary/aromatic N) is 2. The van der Waals surface area contributed by atoms with Crippen molar-refractivity contribution in [2.24, 2.45) is 5.92 Å². The van der Waals surface area contributed by atoms with E-state index in [1.165, 1.54) is 0 Å². The van der Waals surface area contributed by atoms with E-state index in [4.69, 9.17) is 4.74 Å². The molecule has 1 aliphatic heterocycles. The molecule has 3 rings (SSSR count). The predicted octanol–water partition coefficient (Wildman–Crippen LogP) is 3.53. The van der Waals surface area contributed by atoms with Crippen LogP contribution in [0.15, 0.2) is 48.5 Å². The first-order valence-electron chi connectivity index (χ1n) is 10.3. The fraction of sp³-hybridized carbons (Fsp3) is 0.458. The number of aliphatic hydroxyl groups excluding tert-OH is 1. The first-order chi connectivity index (χ1) is 14.0. The fourth-order valence-corrected chi connectivity index (χ4v) is 4.38. The number of amides is 1. The van der Waals surface area contributed by atoms with Gasteiger partial charge < -0.3 is 19.6 Å². The van der Waals surface area contributed by atoms with Crippen LogP contribution < -0.4 is 4.74 Å². The van der Waals surface area contributed by atoms with Gasteiger partial charge in [0.15, 0.2) is 0 Å². The van der Waals surface area contributed by atoms with Crippen LogP contribution in [0.3, 0.4) is 0 Å². The number of carbonyl (C=O) groups excluding carboxylic acids is 1. The smallest absolute Gasteiger partial charge is 0.253 e. The van der Waals surface area contributed by atoms with Gasteiger partial charge in [-0.15, -0.1) is 0 Å². The molecule has 2 aromatic carbocycles. The van der Waals surface area contributed by atoms with E-state index in [0.29, 0.717) is 17.5 Å². The highest BCUT2D eigenvalue weighted by molar-refractivity contribution is 5.95. The van der Waals surface area contributed by atoms with Gasteiger partial charge in [-0.25, -0.2) is 0 Å². The van der Waals surface area contributed by atoms with Crippen LogP contribution in [0.1, 0.15) is 29.6 Å². The van der Waals surface area contributed by atoms with E-state index in [1.807, 2.05) is 53.4 Å². The van der Waals surface area contributed by atoms with Crippen molar-refractivity contribution in [1.82, 2.24) is 9.80 Å². The number of carbonyl (C=O) groups is 1. The molecule has 29 heavy (non-hydrogen) atoms. The Morgan fingerprint density at radius 1 is 1.17 bits per heavy atom. The summed E-state index contributed by atoms with van der Waals surface area (Å²) in [7, 11) is 5.87. The highest BCUT2D eigenvalue weighted by Crippen LogP contribution is 2.30. The minimum Gasteiger partial charge on any atom is -0.496 e. The Morgan fingerprint density at radius 3 is 2.55 bits per heavy atom. The molecule has 2 aromatic rings. The van der Waals surface area contributed by atoms with Crippen LogP contribution in [0, 0.1) is 5.92 Å². The van der Waals surface area contributed by atoms with Gasteiger partial charge in [-0.05, 0) is 63.0 Å². The number of likely N-dealkylation sites (tertiary alicyclic amines) is 1. The van der Waals surface area contributed by atoms with Gasteiger partial charge in [-0.1, -0.05) is 30.3 Å². The zero-order valence-electron chi connectivity index (χ0n) is 17.7. The van der Waals surface area contributed by atoms with Crippen LogP contribution in [0.4, 0.5) is 0 Å². The second kappa shape index (κ2) is 9.90. The Kier molecular flexibility index (Phi) is 7.29. The molecule has 1 amide bonds. The fourth-order valence-electron chi connectivity index (χ4n) is 4.38. The standard InChI is InChI=1S/C24H32N2O3/c1-25(2)22-14-15-26(17-20(22)7-6-16-27)24(28)19-12-10-18(11-13-19)21-8-4-5-9-23(21)29-3/h4-5,8-13,20,22,27H,6-7,14-17H2,1-3H3/t20-,22+/m1/s1. The Hall–Kier alpha value is -2.37. The molecule has 0 aliphatic carbocycles. The largest absolute Gasteiger partial charge is 0.496 e. The molecule has 0 saturated carbocycles. The minimum atomic E-state index is 0.0859. The number of benzene rings is 2. The lowest BCUT2D eigenvalue weighted by Gasteiger charge is -2.41. The summed E-state index contributed by atoms with van der Waals surface area (Å²) >= 11 is 0. The van der Waals surface area contributed by atoms with Crippen LogP contribution in [-0.4, -0.2) is 67.8 Å². The topological polar surface area (TPSA) is 53.0 Å². The van der Waals surface area contributed by atoms with Crippen LogP contribution in [-0.2, 0) is 0 Å². The third-order valence-corrected chi connectivity index (χ3v) is 5.93. The first-order valence-corrected chi connectivity index (χ1v) is 10.3. The van der Waals surface area contributed by atoms with Crippen LogP contribution >= 0.6 is 0 Å². The summed E-state index contributed by atoms with van der Waals surface area (Å²) in [5.74, 6) is 1.30. The van der Waals surface area contributed by atoms with Gasteiger partial charge in [0, 0.05) is 36.9 Å². The Bertz CT molecular complexity index is 804. The SMILES string of the molecule is COc1ccccc1-c1ccc(C(=O)N2CC[C@H](N(C)C)[C@H](CCCO)C2)cc1. The maximum Gasteiger partial charge on any atom is 0.253 e. The van der Waals surface area contributed by atoms with Crippen molar-refractivity contribution in [3.63, 3.8) is 0 Å². The van der Waals surface area contributed by atoms with E-state index in [-0.39, 0.29) is 12.5 Å². The van der Waals surface area contributed by atoms with Gasteiger partial charge in [0.2, 0.25) is 0 Å². The van der Waals surface area contributed by atoms with E-state index in [2.05, 4.69) is 19.0 Å². The van der Waals surface area contributed by atoms with Crippen molar-refractivity contribution in [1.29, 1.82) is 0 Å². The molecule has 5 heteroatoms. The molecule has 1 saturated heterocycles. The average Bonchev–Trinajstić information content (AvgIpc) is 2.77. The van der Waals surface area contributed by atoms with E-state index < -0.39 is 0 Å². The number of hydrogen-bond acceptors (Lipinski definition) is 4. The van der Waals surface area contributed by atoms with Gasteiger partial charge >= 0.3 is 0 Å². The summed E-state index contributed by atoms with van der Waals surface area (Å²) < 4.78 is 5.45. The molecule has 0 aromatic heterocycles. The van der Waals surface area contributed by atoms with Gasteiger partial charge in [0.05, 0.1) is 7.11 Å². The monoisotopic (exact) mass is 396 g/mol. The highest BCUT2D eigenvalue weighted by Gasteiger charge is 2.32. The number of methoxy groups -OCH3 is 1. The summed E-state index contributed by atoms with van der Waals surface area (Å²) in [5.41, 5.74) is 2.77. The third kappa shape index (κ3) is 4.98. The molecule has 1 fully saturated rings. The normalized spacial score (nSPS) is 19.4. The highest BCUT2D eigenvalue weighted by atomic mass is 16.5. The van der Waals surface area contributed by atoms with E-state index >= 15 is 0 Å². The van der Waals surface area contributed by atoms with Crippen molar-refractivity contribution < 1.29 is 14.6 Å². The first kappa shape index (κ1) is 21.3. The summed E-state index contributed by atoms with van der Waals surface area (Å²) in [6, 6.07) is 16.1. The Morgan fingerprint density at radius 2 is 1.90 bits per heavy atom. The molecular weight excluding hydrogens is 364 g/mol. The average molecular weight is 397 g/mol. The van der Waals surface area contributed by atoms with Gasteiger partial charge in [0.1, 0.15) is 5.75 Å².